The maximum atomic E-state index is 11.6. The summed E-state index contributed by atoms with van der Waals surface area (Å²) in [6.07, 6.45) is 3.78. The zero-order valence-corrected chi connectivity index (χ0v) is 11.0. The monoisotopic (exact) mass is 246 g/mol. The summed E-state index contributed by atoms with van der Waals surface area (Å²) in [5.41, 5.74) is 0.598. The van der Waals surface area contributed by atoms with Gasteiger partial charge in [-0.25, -0.2) is 4.98 Å². The van der Waals surface area contributed by atoms with E-state index in [2.05, 4.69) is 29.1 Å². The van der Waals surface area contributed by atoms with Gasteiger partial charge in [-0.2, -0.15) is 4.98 Å². The molecule has 5 heteroatoms. The number of nitrogens with one attached hydrogen (secondary N) is 1. The molecule has 0 fully saturated rings. The molecule has 96 valence electrons. The van der Waals surface area contributed by atoms with Crippen LogP contribution in [0, 0.1) is 0 Å². The maximum absolute atomic E-state index is 11.6. The second-order valence-electron chi connectivity index (χ2n) is 4.36. The van der Waals surface area contributed by atoms with Gasteiger partial charge >= 0.3 is 0 Å². The van der Waals surface area contributed by atoms with E-state index < -0.39 is 0 Å². The van der Waals surface area contributed by atoms with Gasteiger partial charge in [0.1, 0.15) is 5.65 Å². The molecule has 1 N–H and O–H groups in total. The van der Waals surface area contributed by atoms with E-state index in [1.807, 2.05) is 0 Å². The second-order valence-corrected chi connectivity index (χ2v) is 4.36. The van der Waals surface area contributed by atoms with Gasteiger partial charge in [0, 0.05) is 30.7 Å². The van der Waals surface area contributed by atoms with Crippen molar-refractivity contribution in [1.29, 1.82) is 0 Å². The van der Waals surface area contributed by atoms with Crippen LogP contribution in [0.3, 0.4) is 0 Å². The highest BCUT2D eigenvalue weighted by Crippen LogP contribution is 2.11. The van der Waals surface area contributed by atoms with E-state index in [0.29, 0.717) is 17.6 Å². The maximum Gasteiger partial charge on any atom is 0.251 e. The number of pyridine rings is 1. The quantitative estimate of drug-likeness (QED) is 0.895. The number of anilines is 1. The topological polar surface area (TPSA) is 59.8 Å². The summed E-state index contributed by atoms with van der Waals surface area (Å²) < 4.78 is 1.54. The van der Waals surface area contributed by atoms with Crippen molar-refractivity contribution in [1.82, 2.24) is 14.5 Å². The van der Waals surface area contributed by atoms with Gasteiger partial charge in [0.2, 0.25) is 5.95 Å². The van der Waals surface area contributed by atoms with Crippen LogP contribution in [0.4, 0.5) is 5.95 Å². The second kappa shape index (κ2) is 5.16. The number of rotatable bonds is 4. The van der Waals surface area contributed by atoms with Crippen LogP contribution in [0.2, 0.25) is 0 Å². The number of hydrogen-bond acceptors (Lipinski definition) is 4. The third-order valence-corrected chi connectivity index (χ3v) is 3.17. The van der Waals surface area contributed by atoms with Crippen LogP contribution in [0.1, 0.15) is 26.7 Å². The molecule has 0 aliphatic rings. The lowest BCUT2D eigenvalue weighted by molar-refractivity contribution is 0.664. The van der Waals surface area contributed by atoms with E-state index in [-0.39, 0.29) is 5.56 Å². The van der Waals surface area contributed by atoms with Crippen molar-refractivity contribution in [3.8, 4) is 0 Å². The zero-order valence-electron chi connectivity index (χ0n) is 11.0. The van der Waals surface area contributed by atoms with E-state index in [1.54, 1.807) is 19.3 Å². The Balaban J connectivity index is 2.43. The molecule has 0 aromatic carbocycles. The van der Waals surface area contributed by atoms with E-state index in [4.69, 9.17) is 0 Å². The van der Waals surface area contributed by atoms with Gasteiger partial charge in [-0.05, 0) is 18.9 Å². The molecular formula is C13H18N4O. The Morgan fingerprint density at radius 3 is 2.72 bits per heavy atom. The summed E-state index contributed by atoms with van der Waals surface area (Å²) >= 11 is 0. The normalized spacial score (nSPS) is 11.1. The van der Waals surface area contributed by atoms with Crippen molar-refractivity contribution in [3.05, 3.63) is 28.7 Å². The first kappa shape index (κ1) is 12.5. The molecular weight excluding hydrogens is 228 g/mol. The average Bonchev–Trinajstić information content (AvgIpc) is 2.40. The summed E-state index contributed by atoms with van der Waals surface area (Å²) in [4.78, 5) is 20.2. The third-order valence-electron chi connectivity index (χ3n) is 3.17. The highest BCUT2D eigenvalue weighted by Gasteiger charge is 2.07. The molecule has 2 heterocycles. The molecule has 0 saturated heterocycles. The fraction of sp³-hybridized carbons (Fsp3) is 0.462. The van der Waals surface area contributed by atoms with E-state index in [1.165, 1.54) is 10.6 Å². The Morgan fingerprint density at radius 2 is 2.06 bits per heavy atom. The van der Waals surface area contributed by atoms with Crippen LogP contribution < -0.4 is 10.9 Å². The third kappa shape index (κ3) is 2.34. The Labute approximate surface area is 106 Å². The van der Waals surface area contributed by atoms with Crippen molar-refractivity contribution in [2.24, 2.45) is 7.05 Å². The first-order valence-electron chi connectivity index (χ1n) is 6.25. The van der Waals surface area contributed by atoms with Gasteiger partial charge in [-0.3, -0.25) is 9.36 Å². The molecule has 0 unspecified atom stereocenters. The smallest absolute Gasteiger partial charge is 0.251 e. The van der Waals surface area contributed by atoms with Gasteiger partial charge in [0.25, 0.3) is 5.56 Å². The number of aromatic nitrogens is 3. The van der Waals surface area contributed by atoms with Crippen LogP contribution in [0.5, 0.6) is 0 Å². The fourth-order valence-electron chi connectivity index (χ4n) is 1.89. The lowest BCUT2D eigenvalue weighted by atomic mass is 10.2. The van der Waals surface area contributed by atoms with Gasteiger partial charge in [0.15, 0.2) is 0 Å². The molecule has 2 aromatic rings. The van der Waals surface area contributed by atoms with Crippen LogP contribution in [-0.4, -0.2) is 20.6 Å². The highest BCUT2D eigenvalue weighted by molar-refractivity contribution is 5.74. The van der Waals surface area contributed by atoms with Crippen LogP contribution in [0.25, 0.3) is 11.0 Å². The minimum absolute atomic E-state index is 0.0605. The molecule has 2 rings (SSSR count). The van der Waals surface area contributed by atoms with Crippen LogP contribution in [-0.2, 0) is 7.05 Å². The highest BCUT2D eigenvalue weighted by atomic mass is 16.1. The van der Waals surface area contributed by atoms with Gasteiger partial charge in [0.05, 0.1) is 0 Å². The van der Waals surface area contributed by atoms with E-state index in [0.717, 1.165) is 18.2 Å². The molecule has 0 amide bonds. The molecule has 0 saturated carbocycles. The van der Waals surface area contributed by atoms with Crippen LogP contribution in [0.15, 0.2) is 23.1 Å². The van der Waals surface area contributed by atoms with Crippen molar-refractivity contribution in [3.63, 3.8) is 0 Å². The summed E-state index contributed by atoms with van der Waals surface area (Å²) in [6.45, 7) is 4.25. The number of nitrogens with zero attached hydrogens (tertiary/aromatic N) is 3. The van der Waals surface area contributed by atoms with Crippen molar-refractivity contribution >= 4 is 17.0 Å². The zero-order chi connectivity index (χ0) is 13.1. The summed E-state index contributed by atoms with van der Waals surface area (Å²) in [5, 5.41) is 4.15. The Hall–Kier alpha value is -1.91. The molecule has 0 radical (unpaired) electrons. The Morgan fingerprint density at radius 1 is 1.33 bits per heavy atom. The first-order chi connectivity index (χ1) is 8.65. The largest absolute Gasteiger partial charge is 0.351 e. The van der Waals surface area contributed by atoms with E-state index in [9.17, 15) is 4.79 Å². The SMILES string of the molecule is CCC(CC)Nc1ncc2ccc(=O)n(C)c2n1. The predicted octanol–water partition coefficient (Wildman–Crippen LogP) is 1.93. The van der Waals surface area contributed by atoms with Gasteiger partial charge in [-0.15, -0.1) is 0 Å². The van der Waals surface area contributed by atoms with Crippen molar-refractivity contribution < 1.29 is 0 Å². The summed E-state index contributed by atoms with van der Waals surface area (Å²) in [7, 11) is 1.72. The van der Waals surface area contributed by atoms with Crippen molar-refractivity contribution in [2.45, 2.75) is 32.7 Å². The molecule has 0 bridgehead atoms. The average molecular weight is 246 g/mol. The number of aryl methyl sites for hydroxylation is 1. The molecule has 0 atom stereocenters. The Kier molecular flexibility index (Phi) is 3.60. The van der Waals surface area contributed by atoms with Gasteiger partial charge in [-0.1, -0.05) is 13.8 Å². The minimum atomic E-state index is -0.0605. The number of fused-ring (bicyclic) bond motifs is 1. The molecule has 2 aromatic heterocycles. The van der Waals surface area contributed by atoms with Crippen molar-refractivity contribution in [2.75, 3.05) is 5.32 Å². The minimum Gasteiger partial charge on any atom is -0.351 e. The standard InChI is InChI=1S/C13H18N4O/c1-4-10(5-2)15-13-14-8-9-6-7-11(18)17(3)12(9)16-13/h6-8,10H,4-5H2,1-3H3,(H,14,15,16). The first-order valence-corrected chi connectivity index (χ1v) is 6.25. The number of hydrogen-bond donors (Lipinski definition) is 1. The fourth-order valence-corrected chi connectivity index (χ4v) is 1.89. The summed E-state index contributed by atoms with van der Waals surface area (Å²) in [6, 6.07) is 3.64. The van der Waals surface area contributed by atoms with Gasteiger partial charge < -0.3 is 5.32 Å². The molecule has 18 heavy (non-hydrogen) atoms. The lowest BCUT2D eigenvalue weighted by Gasteiger charge is -2.14. The van der Waals surface area contributed by atoms with E-state index >= 15 is 0 Å². The Bertz CT molecular complexity index is 601. The molecule has 0 spiro atoms. The molecule has 5 nitrogen and oxygen atoms in total. The predicted molar refractivity (Wildman–Crippen MR) is 72.8 cm³/mol. The molecule has 0 aliphatic carbocycles. The molecule has 0 aliphatic heterocycles. The lowest BCUT2D eigenvalue weighted by Crippen LogP contribution is -2.20. The van der Waals surface area contributed by atoms with Crippen LogP contribution >= 0.6 is 0 Å². The summed E-state index contributed by atoms with van der Waals surface area (Å²) in [5.74, 6) is 0.581.